The molecule has 4 fully saturated rings. The van der Waals surface area contributed by atoms with Gasteiger partial charge in [-0.2, -0.15) is 10.4 Å². The number of aromatic nitrogens is 4. The highest BCUT2D eigenvalue weighted by atomic mass is 19.1. The molecule has 0 spiro atoms. The standard InChI is InChI=1S/C31H29FN8O/c32-28-2-3-29-27(28)7-19(11-34-29)14-39-23-8-24(39)16-38(15-23)30-4-1-20(12-35-30)26-9-22(37-6-5-25(41)18-37)17-40-31(26)21(10-33)13-36-40/h1-2,4,7,9,11-13,17,23-25,41H,3,5-6,8,14-16,18H2/t23?,24?,25-/m0/s1. The molecule has 41 heavy (non-hydrogen) atoms. The van der Waals surface area contributed by atoms with E-state index in [1.807, 2.05) is 24.7 Å². The molecule has 206 valence electrons. The fourth-order valence-electron chi connectivity index (χ4n) is 6.92. The Kier molecular flexibility index (Phi) is 5.59. The van der Waals surface area contributed by atoms with Crippen molar-refractivity contribution in [3.05, 3.63) is 77.5 Å². The van der Waals surface area contributed by atoms with Crippen molar-refractivity contribution in [2.45, 2.75) is 44.0 Å². The first-order valence-electron chi connectivity index (χ1n) is 14.2. The minimum atomic E-state index is -0.334. The van der Waals surface area contributed by atoms with E-state index in [-0.39, 0.29) is 11.9 Å². The molecule has 0 radical (unpaired) electrons. The van der Waals surface area contributed by atoms with Crippen molar-refractivity contribution < 1.29 is 9.50 Å². The minimum Gasteiger partial charge on any atom is -0.391 e. The zero-order valence-corrected chi connectivity index (χ0v) is 22.5. The molecular weight excluding hydrogens is 519 g/mol. The number of halogens is 1. The molecule has 0 amide bonds. The van der Waals surface area contributed by atoms with Crippen LogP contribution in [-0.4, -0.2) is 74.0 Å². The minimum absolute atomic E-state index is 0.154. The van der Waals surface area contributed by atoms with Gasteiger partial charge in [0.2, 0.25) is 0 Å². The average Bonchev–Trinajstić information content (AvgIpc) is 3.73. The topological polar surface area (TPSA) is 96.8 Å². The largest absolute Gasteiger partial charge is 0.391 e. The number of rotatable bonds is 5. The Hall–Kier alpha value is -4.33. The third-order valence-electron chi connectivity index (χ3n) is 9.10. The van der Waals surface area contributed by atoms with Crippen LogP contribution < -0.4 is 9.80 Å². The molecule has 2 bridgehead atoms. The quantitative estimate of drug-likeness (QED) is 0.405. The molecule has 1 aliphatic carbocycles. The number of hydrogen-bond donors (Lipinski definition) is 1. The Labute approximate surface area is 236 Å². The van der Waals surface area contributed by atoms with Gasteiger partial charge in [-0.1, -0.05) is 0 Å². The predicted octanol–water partition coefficient (Wildman–Crippen LogP) is 3.56. The molecule has 3 atom stereocenters. The molecule has 5 aliphatic rings. The predicted molar refractivity (Wildman–Crippen MR) is 153 cm³/mol. The summed E-state index contributed by atoms with van der Waals surface area (Å²) in [5, 5.41) is 24.2. The van der Waals surface area contributed by atoms with E-state index in [1.165, 1.54) is 0 Å². The maximum atomic E-state index is 14.1. The summed E-state index contributed by atoms with van der Waals surface area (Å²) in [5.41, 5.74) is 6.61. The van der Waals surface area contributed by atoms with Crippen LogP contribution in [0.1, 0.15) is 35.2 Å². The van der Waals surface area contributed by atoms with E-state index in [9.17, 15) is 14.8 Å². The Morgan fingerprint density at radius 1 is 1.02 bits per heavy atom. The van der Waals surface area contributed by atoms with E-state index in [2.05, 4.69) is 49.1 Å². The number of piperazine rings is 1. The number of anilines is 2. The summed E-state index contributed by atoms with van der Waals surface area (Å²) in [6.07, 6.45) is 11.1. The Balaban J connectivity index is 1.01. The summed E-state index contributed by atoms with van der Waals surface area (Å²) in [4.78, 5) is 16.4. The number of allylic oxidation sites excluding steroid dienone is 1. The second-order valence-corrected chi connectivity index (χ2v) is 11.6. The van der Waals surface area contributed by atoms with Gasteiger partial charge in [-0.05, 0) is 48.7 Å². The van der Waals surface area contributed by atoms with Crippen LogP contribution in [-0.2, 0) is 13.0 Å². The number of hydrogen-bond acceptors (Lipinski definition) is 8. The van der Waals surface area contributed by atoms with Crippen LogP contribution in [0.5, 0.6) is 0 Å². The van der Waals surface area contributed by atoms with Crippen molar-refractivity contribution in [1.82, 2.24) is 24.5 Å². The molecule has 0 aromatic carbocycles. The summed E-state index contributed by atoms with van der Waals surface area (Å²) in [7, 11) is 0. The number of pyridine rings is 3. The molecule has 9 rings (SSSR count). The molecule has 4 aromatic heterocycles. The van der Waals surface area contributed by atoms with Crippen LogP contribution in [0.2, 0.25) is 0 Å². The van der Waals surface area contributed by atoms with Crippen molar-refractivity contribution >= 4 is 22.8 Å². The summed E-state index contributed by atoms with van der Waals surface area (Å²) in [5.74, 6) is 0.789. The van der Waals surface area contributed by atoms with Crippen molar-refractivity contribution in [3.8, 4) is 17.2 Å². The zero-order valence-electron chi connectivity index (χ0n) is 22.5. The highest BCUT2D eigenvalue weighted by Gasteiger charge is 2.44. The highest BCUT2D eigenvalue weighted by Crippen LogP contribution is 2.37. The summed E-state index contributed by atoms with van der Waals surface area (Å²) in [6, 6.07) is 11.3. The van der Waals surface area contributed by atoms with E-state index in [1.54, 1.807) is 16.8 Å². The number of β-amino-alcohol motifs (C(OH)–C–C–N with tert-alkyl or cyclic N) is 1. The molecule has 10 heteroatoms. The van der Waals surface area contributed by atoms with Gasteiger partial charge in [0, 0.05) is 80.3 Å². The number of piperidine rings is 1. The second-order valence-electron chi connectivity index (χ2n) is 11.6. The van der Waals surface area contributed by atoms with Crippen LogP contribution in [0, 0.1) is 11.3 Å². The molecule has 9 nitrogen and oxygen atoms in total. The van der Waals surface area contributed by atoms with E-state index in [0.29, 0.717) is 36.2 Å². The second kappa shape index (κ2) is 9.36. The van der Waals surface area contributed by atoms with Gasteiger partial charge < -0.3 is 14.9 Å². The van der Waals surface area contributed by atoms with Gasteiger partial charge in [0.1, 0.15) is 17.7 Å². The third-order valence-corrected chi connectivity index (χ3v) is 9.10. The normalized spacial score (nSPS) is 23.4. The van der Waals surface area contributed by atoms with E-state index in [4.69, 9.17) is 4.98 Å². The number of fused-ring (bicyclic) bond motifs is 4. The van der Waals surface area contributed by atoms with Crippen molar-refractivity contribution in [1.29, 1.82) is 5.26 Å². The van der Waals surface area contributed by atoms with E-state index in [0.717, 1.165) is 78.4 Å². The van der Waals surface area contributed by atoms with Gasteiger partial charge in [-0.3, -0.25) is 9.88 Å². The van der Waals surface area contributed by atoms with Gasteiger partial charge in [0.05, 0.1) is 41.0 Å². The van der Waals surface area contributed by atoms with Crippen LogP contribution in [0.3, 0.4) is 0 Å². The van der Waals surface area contributed by atoms with Crippen LogP contribution in [0.15, 0.2) is 55.1 Å². The SMILES string of the molecule is N#Cc1cnn2cc(N3CC[C@H](O)C3)cc(-c3ccc(N4CC5CC(C4)N5Cc4cnc5c(c4)C(F)=CC5)nc3)c12. The molecule has 2 unspecified atom stereocenters. The van der Waals surface area contributed by atoms with Crippen molar-refractivity contribution in [2.24, 2.45) is 0 Å². The molecular formula is C31H29FN8O. The summed E-state index contributed by atoms with van der Waals surface area (Å²) < 4.78 is 15.9. The van der Waals surface area contributed by atoms with E-state index < -0.39 is 0 Å². The Bertz CT molecular complexity index is 1730. The van der Waals surface area contributed by atoms with Crippen molar-refractivity contribution in [3.63, 3.8) is 0 Å². The Morgan fingerprint density at radius 3 is 2.66 bits per heavy atom. The first-order chi connectivity index (χ1) is 20.0. The molecule has 1 N–H and O–H groups in total. The fraction of sp³-hybridized carbons (Fsp3) is 0.355. The molecule has 4 aromatic rings. The molecule has 0 saturated carbocycles. The number of aliphatic hydroxyl groups is 1. The maximum absolute atomic E-state index is 14.1. The van der Waals surface area contributed by atoms with Gasteiger partial charge in [-0.25, -0.2) is 13.9 Å². The highest BCUT2D eigenvalue weighted by molar-refractivity contribution is 5.86. The van der Waals surface area contributed by atoms with Gasteiger partial charge >= 0.3 is 0 Å². The van der Waals surface area contributed by atoms with Crippen LogP contribution in [0.4, 0.5) is 15.9 Å². The number of aliphatic hydroxyl groups excluding tert-OH is 1. The first-order valence-corrected chi connectivity index (χ1v) is 14.2. The van der Waals surface area contributed by atoms with E-state index >= 15 is 0 Å². The van der Waals surface area contributed by atoms with Gasteiger partial charge in [0.15, 0.2) is 0 Å². The van der Waals surface area contributed by atoms with Crippen LogP contribution >= 0.6 is 0 Å². The molecule has 4 saturated heterocycles. The fourth-order valence-corrected chi connectivity index (χ4v) is 6.92. The molecule has 4 aliphatic heterocycles. The lowest BCUT2D eigenvalue weighted by molar-refractivity contribution is -0.00876. The smallest absolute Gasteiger partial charge is 0.128 e. The zero-order chi connectivity index (χ0) is 27.7. The lowest BCUT2D eigenvalue weighted by atomic mass is 9.86. The maximum Gasteiger partial charge on any atom is 0.128 e. The average molecular weight is 549 g/mol. The molecule has 8 heterocycles. The third kappa shape index (κ3) is 4.07. The van der Waals surface area contributed by atoms with Crippen molar-refractivity contribution in [2.75, 3.05) is 36.0 Å². The van der Waals surface area contributed by atoms with Crippen LogP contribution in [0.25, 0.3) is 22.5 Å². The number of nitrogens with zero attached hydrogens (tertiary/aromatic N) is 8. The summed E-state index contributed by atoms with van der Waals surface area (Å²) in [6.45, 7) is 3.94. The Morgan fingerprint density at radius 2 is 1.90 bits per heavy atom. The lowest BCUT2D eigenvalue weighted by Crippen LogP contribution is -2.68. The van der Waals surface area contributed by atoms with Gasteiger partial charge in [0.25, 0.3) is 0 Å². The lowest BCUT2D eigenvalue weighted by Gasteiger charge is -2.56. The monoisotopic (exact) mass is 548 g/mol. The summed E-state index contributed by atoms with van der Waals surface area (Å²) >= 11 is 0. The van der Waals surface area contributed by atoms with Gasteiger partial charge in [-0.15, -0.1) is 0 Å². The first kappa shape index (κ1) is 24.5. The number of nitriles is 1.